The summed E-state index contributed by atoms with van der Waals surface area (Å²) in [6, 6.07) is 9.28. The molecule has 170 valence electrons. The number of hydrogen-bond acceptors (Lipinski definition) is 5. The molecule has 6 nitrogen and oxygen atoms in total. The zero-order valence-corrected chi connectivity index (χ0v) is 18.3. The number of ether oxygens (including phenoxy) is 1. The molecular formula is C24H27F2N3O3. The van der Waals surface area contributed by atoms with Crippen LogP contribution in [0, 0.1) is 6.92 Å². The molecule has 2 aromatic heterocycles. The third kappa shape index (κ3) is 4.74. The highest BCUT2D eigenvalue weighted by atomic mass is 19.3. The molecule has 0 N–H and O–H groups in total. The lowest BCUT2D eigenvalue weighted by atomic mass is 9.91. The SMILES string of the molecule is CCOc1ccc(CCC(=O)N2CCC(c3cc(C(F)F)c4c(C)noc4n3)CC2)cc1. The summed E-state index contributed by atoms with van der Waals surface area (Å²) >= 11 is 0. The Bertz CT molecular complexity index is 1070. The minimum atomic E-state index is -2.62. The van der Waals surface area contributed by atoms with E-state index in [0.717, 1.165) is 11.3 Å². The van der Waals surface area contributed by atoms with Gasteiger partial charge in [-0.1, -0.05) is 17.3 Å². The molecule has 0 aliphatic carbocycles. The fourth-order valence-electron chi connectivity index (χ4n) is 4.28. The number of fused-ring (bicyclic) bond motifs is 1. The van der Waals surface area contributed by atoms with Gasteiger partial charge in [0.05, 0.1) is 17.7 Å². The lowest BCUT2D eigenvalue weighted by molar-refractivity contribution is -0.132. The van der Waals surface area contributed by atoms with Gasteiger partial charge in [-0.2, -0.15) is 0 Å². The predicted octanol–water partition coefficient (Wildman–Crippen LogP) is 5.21. The number of likely N-dealkylation sites (tertiary alicyclic amines) is 1. The number of carbonyl (C=O) groups excluding carboxylic acids is 1. The molecule has 1 aromatic carbocycles. The van der Waals surface area contributed by atoms with Crippen LogP contribution in [0.2, 0.25) is 0 Å². The molecule has 0 saturated carbocycles. The van der Waals surface area contributed by atoms with Crippen molar-refractivity contribution in [3.63, 3.8) is 0 Å². The van der Waals surface area contributed by atoms with Crippen LogP contribution in [-0.2, 0) is 11.2 Å². The van der Waals surface area contributed by atoms with E-state index in [0.29, 0.717) is 62.2 Å². The van der Waals surface area contributed by atoms with Crippen LogP contribution >= 0.6 is 0 Å². The number of carbonyl (C=O) groups is 1. The second-order valence-electron chi connectivity index (χ2n) is 8.12. The number of benzene rings is 1. The molecule has 0 atom stereocenters. The van der Waals surface area contributed by atoms with Crippen molar-refractivity contribution in [3.05, 3.63) is 52.8 Å². The van der Waals surface area contributed by atoms with Gasteiger partial charge in [-0.15, -0.1) is 0 Å². The number of aromatic nitrogens is 2. The smallest absolute Gasteiger partial charge is 0.264 e. The van der Waals surface area contributed by atoms with Crippen LogP contribution in [0.4, 0.5) is 8.78 Å². The van der Waals surface area contributed by atoms with E-state index in [9.17, 15) is 13.6 Å². The van der Waals surface area contributed by atoms with E-state index in [1.807, 2.05) is 36.1 Å². The third-order valence-electron chi connectivity index (χ3n) is 6.03. The molecular weight excluding hydrogens is 416 g/mol. The summed E-state index contributed by atoms with van der Waals surface area (Å²) in [7, 11) is 0. The maximum absolute atomic E-state index is 13.6. The molecule has 0 radical (unpaired) electrons. The molecule has 0 bridgehead atoms. The van der Waals surface area contributed by atoms with Crippen molar-refractivity contribution in [2.75, 3.05) is 19.7 Å². The van der Waals surface area contributed by atoms with Crippen LogP contribution in [0.15, 0.2) is 34.9 Å². The lowest BCUT2D eigenvalue weighted by Crippen LogP contribution is -2.38. The molecule has 1 saturated heterocycles. The van der Waals surface area contributed by atoms with Gasteiger partial charge in [0, 0.05) is 36.7 Å². The first-order valence-electron chi connectivity index (χ1n) is 11.0. The summed E-state index contributed by atoms with van der Waals surface area (Å²) in [5, 5.41) is 4.09. The van der Waals surface area contributed by atoms with Gasteiger partial charge in [0.2, 0.25) is 5.91 Å². The van der Waals surface area contributed by atoms with E-state index in [2.05, 4.69) is 10.1 Å². The molecule has 1 amide bonds. The fourth-order valence-corrected chi connectivity index (χ4v) is 4.28. The number of aryl methyl sites for hydroxylation is 2. The van der Waals surface area contributed by atoms with E-state index < -0.39 is 6.43 Å². The zero-order valence-electron chi connectivity index (χ0n) is 18.3. The van der Waals surface area contributed by atoms with Crippen LogP contribution in [0.1, 0.15) is 61.0 Å². The average molecular weight is 443 g/mol. The fraction of sp³-hybridized carbons (Fsp3) is 0.458. The van der Waals surface area contributed by atoms with E-state index in [1.54, 1.807) is 6.92 Å². The van der Waals surface area contributed by atoms with Gasteiger partial charge in [0.15, 0.2) is 0 Å². The van der Waals surface area contributed by atoms with Gasteiger partial charge in [-0.25, -0.2) is 13.8 Å². The van der Waals surface area contributed by atoms with Crippen LogP contribution in [-0.4, -0.2) is 40.6 Å². The van der Waals surface area contributed by atoms with Crippen LogP contribution in [0.3, 0.4) is 0 Å². The van der Waals surface area contributed by atoms with Gasteiger partial charge in [0.1, 0.15) is 5.75 Å². The van der Waals surface area contributed by atoms with Crippen molar-refractivity contribution < 1.29 is 22.8 Å². The molecule has 4 rings (SSSR count). The first kappa shape index (κ1) is 22.2. The molecule has 1 aliphatic heterocycles. The number of pyridine rings is 1. The van der Waals surface area contributed by atoms with Crippen LogP contribution < -0.4 is 4.74 Å². The number of hydrogen-bond donors (Lipinski definition) is 0. The topological polar surface area (TPSA) is 68.5 Å². The number of alkyl halides is 2. The largest absolute Gasteiger partial charge is 0.494 e. The minimum Gasteiger partial charge on any atom is -0.494 e. The normalized spacial score (nSPS) is 15.0. The summed E-state index contributed by atoms with van der Waals surface area (Å²) in [5.41, 5.74) is 2.17. The summed E-state index contributed by atoms with van der Waals surface area (Å²) in [5.74, 6) is 0.948. The Balaban J connectivity index is 1.35. The van der Waals surface area contributed by atoms with Crippen molar-refractivity contribution >= 4 is 17.0 Å². The van der Waals surface area contributed by atoms with Gasteiger partial charge < -0.3 is 14.2 Å². The van der Waals surface area contributed by atoms with Crippen molar-refractivity contribution in [2.45, 2.75) is 51.9 Å². The summed E-state index contributed by atoms with van der Waals surface area (Å²) in [4.78, 5) is 19.0. The van der Waals surface area contributed by atoms with Gasteiger partial charge >= 0.3 is 0 Å². The number of rotatable bonds is 7. The minimum absolute atomic E-state index is 0.0115. The van der Waals surface area contributed by atoms with E-state index in [1.165, 1.54) is 6.07 Å². The number of amides is 1. The van der Waals surface area contributed by atoms with Gasteiger partial charge in [-0.05, 0) is 56.9 Å². The highest BCUT2D eigenvalue weighted by Crippen LogP contribution is 2.34. The van der Waals surface area contributed by atoms with E-state index in [4.69, 9.17) is 9.26 Å². The predicted molar refractivity (Wildman–Crippen MR) is 116 cm³/mol. The quantitative estimate of drug-likeness (QED) is 0.502. The Kier molecular flexibility index (Phi) is 6.67. The Labute approximate surface area is 185 Å². The van der Waals surface area contributed by atoms with E-state index in [-0.39, 0.29) is 23.1 Å². The van der Waals surface area contributed by atoms with Crippen molar-refractivity contribution in [3.8, 4) is 5.75 Å². The third-order valence-corrected chi connectivity index (χ3v) is 6.03. The molecule has 32 heavy (non-hydrogen) atoms. The van der Waals surface area contributed by atoms with E-state index >= 15 is 0 Å². The molecule has 1 aliphatic rings. The first-order valence-corrected chi connectivity index (χ1v) is 11.0. The molecule has 8 heteroatoms. The first-order chi connectivity index (χ1) is 15.5. The summed E-state index contributed by atoms with van der Waals surface area (Å²) < 4.78 is 37.8. The second kappa shape index (κ2) is 9.63. The molecule has 3 aromatic rings. The highest BCUT2D eigenvalue weighted by molar-refractivity contribution is 5.80. The average Bonchev–Trinajstić information content (AvgIpc) is 3.18. The van der Waals surface area contributed by atoms with Crippen LogP contribution in [0.25, 0.3) is 11.1 Å². The summed E-state index contributed by atoms with van der Waals surface area (Å²) in [6.07, 6.45) is -0.143. The lowest BCUT2D eigenvalue weighted by Gasteiger charge is -2.32. The maximum Gasteiger partial charge on any atom is 0.264 e. The number of halogens is 2. The summed E-state index contributed by atoms with van der Waals surface area (Å²) in [6.45, 7) is 5.38. The van der Waals surface area contributed by atoms with Gasteiger partial charge in [0.25, 0.3) is 12.1 Å². The molecule has 1 fully saturated rings. The molecule has 3 heterocycles. The highest BCUT2D eigenvalue weighted by Gasteiger charge is 2.27. The van der Waals surface area contributed by atoms with Gasteiger partial charge in [-0.3, -0.25) is 4.79 Å². The number of piperidine rings is 1. The molecule has 0 unspecified atom stereocenters. The monoisotopic (exact) mass is 443 g/mol. The zero-order chi connectivity index (χ0) is 22.7. The molecule has 0 spiro atoms. The van der Waals surface area contributed by atoms with Crippen molar-refractivity contribution in [1.82, 2.24) is 15.0 Å². The van der Waals surface area contributed by atoms with Crippen molar-refractivity contribution in [1.29, 1.82) is 0 Å². The standard InChI is InChI=1S/C24H27F2N3O3/c1-3-31-18-7-4-16(5-8-18)6-9-21(30)29-12-10-17(11-13-29)20-14-19(23(25)26)22-15(2)28-32-24(22)27-20/h4-5,7-8,14,17,23H,3,6,9-13H2,1-2H3. The second-order valence-corrected chi connectivity index (χ2v) is 8.12. The Morgan fingerprint density at radius 3 is 2.62 bits per heavy atom. The Morgan fingerprint density at radius 2 is 1.97 bits per heavy atom. The van der Waals surface area contributed by atoms with Crippen LogP contribution in [0.5, 0.6) is 5.75 Å². The number of nitrogens with zero attached hydrogens (tertiary/aromatic N) is 3. The Hall–Kier alpha value is -3.03. The Morgan fingerprint density at radius 1 is 1.25 bits per heavy atom. The van der Waals surface area contributed by atoms with Crippen molar-refractivity contribution in [2.24, 2.45) is 0 Å². The maximum atomic E-state index is 13.6.